The van der Waals surface area contributed by atoms with E-state index in [9.17, 15) is 4.79 Å². The van der Waals surface area contributed by atoms with E-state index in [4.69, 9.17) is 18.6 Å². The fourth-order valence-corrected chi connectivity index (χ4v) is 1.81. The van der Waals surface area contributed by atoms with Crippen molar-refractivity contribution in [2.24, 2.45) is 0 Å². The number of hydrogen-bond acceptors (Lipinski definition) is 5. The van der Waals surface area contributed by atoms with Crippen molar-refractivity contribution in [2.45, 2.75) is 20.1 Å². The minimum Gasteiger partial charge on any atom is -0.488 e. The van der Waals surface area contributed by atoms with Crippen LogP contribution < -0.4 is 10.4 Å². The lowest BCUT2D eigenvalue weighted by molar-refractivity contribution is -0.152. The third kappa shape index (κ3) is 3.82. The molecule has 2 rings (SSSR count). The molecule has 5 heteroatoms. The standard InChI is InChI=1S/C15H18O5/c1-3-17-15(18-4-2)10-19-12-7-5-11-6-8-14(16)20-13(11)9-12/h5-9,15H,3-4,10H2,1-2H3. The summed E-state index contributed by atoms with van der Waals surface area (Å²) in [6.45, 7) is 5.19. The minimum atomic E-state index is -0.400. The summed E-state index contributed by atoms with van der Waals surface area (Å²) in [6.07, 6.45) is -0.400. The van der Waals surface area contributed by atoms with E-state index in [1.165, 1.54) is 6.07 Å². The molecule has 0 aliphatic heterocycles. The van der Waals surface area contributed by atoms with Gasteiger partial charge in [0, 0.05) is 30.7 Å². The first-order valence-electron chi connectivity index (χ1n) is 6.63. The number of hydrogen-bond donors (Lipinski definition) is 0. The van der Waals surface area contributed by atoms with Crippen molar-refractivity contribution in [1.82, 2.24) is 0 Å². The molecule has 1 heterocycles. The third-order valence-electron chi connectivity index (χ3n) is 2.69. The van der Waals surface area contributed by atoms with Crippen molar-refractivity contribution in [3.05, 3.63) is 40.8 Å². The molecular weight excluding hydrogens is 260 g/mol. The van der Waals surface area contributed by atoms with E-state index >= 15 is 0 Å². The van der Waals surface area contributed by atoms with Crippen molar-refractivity contribution < 1.29 is 18.6 Å². The van der Waals surface area contributed by atoms with E-state index in [-0.39, 0.29) is 12.2 Å². The van der Waals surface area contributed by atoms with Crippen LogP contribution in [0.3, 0.4) is 0 Å². The van der Waals surface area contributed by atoms with Crippen molar-refractivity contribution in [3.63, 3.8) is 0 Å². The zero-order valence-corrected chi connectivity index (χ0v) is 11.6. The number of fused-ring (bicyclic) bond motifs is 1. The van der Waals surface area contributed by atoms with Gasteiger partial charge in [-0.15, -0.1) is 0 Å². The molecule has 0 unspecified atom stereocenters. The molecule has 0 fully saturated rings. The summed E-state index contributed by atoms with van der Waals surface area (Å²) in [6, 6.07) is 8.45. The average molecular weight is 278 g/mol. The molecule has 1 aromatic heterocycles. The SMILES string of the molecule is CCOC(COc1ccc2ccc(=O)oc2c1)OCC. The number of rotatable bonds is 7. The lowest BCUT2D eigenvalue weighted by Gasteiger charge is -2.17. The molecule has 0 spiro atoms. The maximum absolute atomic E-state index is 11.2. The van der Waals surface area contributed by atoms with Crippen LogP contribution in [0, 0.1) is 0 Å². The quantitative estimate of drug-likeness (QED) is 0.575. The largest absolute Gasteiger partial charge is 0.488 e. The van der Waals surface area contributed by atoms with E-state index in [1.54, 1.807) is 12.1 Å². The second kappa shape index (κ2) is 7.07. The Morgan fingerprint density at radius 3 is 2.50 bits per heavy atom. The molecular formula is C15H18O5. The molecule has 0 N–H and O–H groups in total. The van der Waals surface area contributed by atoms with E-state index in [2.05, 4.69) is 0 Å². The van der Waals surface area contributed by atoms with E-state index in [1.807, 2.05) is 26.0 Å². The summed E-state index contributed by atoms with van der Waals surface area (Å²) in [5, 5.41) is 0.850. The number of ether oxygens (including phenoxy) is 3. The molecule has 1 aromatic carbocycles. The van der Waals surface area contributed by atoms with Crippen molar-refractivity contribution in [3.8, 4) is 5.75 Å². The Morgan fingerprint density at radius 1 is 1.10 bits per heavy atom. The maximum atomic E-state index is 11.2. The highest BCUT2D eigenvalue weighted by Crippen LogP contribution is 2.19. The molecule has 0 aliphatic rings. The van der Waals surface area contributed by atoms with Crippen LogP contribution in [0.25, 0.3) is 11.0 Å². The van der Waals surface area contributed by atoms with Gasteiger partial charge in [-0.2, -0.15) is 0 Å². The highest BCUT2D eigenvalue weighted by molar-refractivity contribution is 5.77. The minimum absolute atomic E-state index is 0.282. The van der Waals surface area contributed by atoms with Crippen LogP contribution in [0.5, 0.6) is 5.75 Å². The summed E-state index contributed by atoms with van der Waals surface area (Å²) in [4.78, 5) is 11.2. The van der Waals surface area contributed by atoms with Gasteiger partial charge in [-0.25, -0.2) is 4.79 Å². The molecule has 0 saturated heterocycles. The van der Waals surface area contributed by atoms with Crippen LogP contribution in [-0.2, 0) is 9.47 Å². The molecule has 0 atom stereocenters. The molecule has 5 nitrogen and oxygen atoms in total. The van der Waals surface area contributed by atoms with Gasteiger partial charge in [0.25, 0.3) is 0 Å². The summed E-state index contributed by atoms with van der Waals surface area (Å²) >= 11 is 0. The van der Waals surface area contributed by atoms with Gasteiger partial charge in [-0.1, -0.05) is 0 Å². The topological polar surface area (TPSA) is 57.9 Å². The van der Waals surface area contributed by atoms with Gasteiger partial charge in [-0.05, 0) is 32.0 Å². The zero-order valence-electron chi connectivity index (χ0n) is 11.6. The predicted molar refractivity (Wildman–Crippen MR) is 75.0 cm³/mol. The van der Waals surface area contributed by atoms with E-state index in [0.717, 1.165) is 5.39 Å². The fraction of sp³-hybridized carbons (Fsp3) is 0.400. The summed E-state index contributed by atoms with van der Waals surface area (Å²) in [5.41, 5.74) is 0.121. The van der Waals surface area contributed by atoms with Gasteiger partial charge >= 0.3 is 5.63 Å². The first kappa shape index (κ1) is 14.6. The van der Waals surface area contributed by atoms with Crippen LogP contribution in [0.4, 0.5) is 0 Å². The Balaban J connectivity index is 2.07. The average Bonchev–Trinajstić information content (AvgIpc) is 2.44. The molecule has 0 radical (unpaired) electrons. The lowest BCUT2D eigenvalue weighted by atomic mass is 10.2. The Kier molecular flexibility index (Phi) is 5.15. The van der Waals surface area contributed by atoms with Crippen molar-refractivity contribution >= 4 is 11.0 Å². The van der Waals surface area contributed by atoms with Crippen LogP contribution >= 0.6 is 0 Å². The monoisotopic (exact) mass is 278 g/mol. The zero-order chi connectivity index (χ0) is 14.4. The molecule has 108 valence electrons. The second-order valence-corrected chi connectivity index (χ2v) is 4.11. The molecule has 20 heavy (non-hydrogen) atoms. The number of benzene rings is 1. The highest BCUT2D eigenvalue weighted by Gasteiger charge is 2.09. The van der Waals surface area contributed by atoms with Gasteiger partial charge in [0.2, 0.25) is 0 Å². The second-order valence-electron chi connectivity index (χ2n) is 4.11. The maximum Gasteiger partial charge on any atom is 0.336 e. The van der Waals surface area contributed by atoms with Crippen LogP contribution in [0.1, 0.15) is 13.8 Å². The van der Waals surface area contributed by atoms with Crippen LogP contribution in [0.15, 0.2) is 39.5 Å². The predicted octanol–water partition coefficient (Wildman–Crippen LogP) is 2.57. The summed E-state index contributed by atoms with van der Waals surface area (Å²) < 4.78 is 21.5. The lowest BCUT2D eigenvalue weighted by Crippen LogP contribution is -2.25. The molecule has 0 amide bonds. The van der Waals surface area contributed by atoms with Gasteiger partial charge in [0.15, 0.2) is 6.29 Å². The molecule has 0 saturated carbocycles. The Hall–Kier alpha value is -1.85. The fourth-order valence-electron chi connectivity index (χ4n) is 1.81. The van der Waals surface area contributed by atoms with Crippen molar-refractivity contribution in [2.75, 3.05) is 19.8 Å². The summed E-state index contributed by atoms with van der Waals surface area (Å²) in [7, 11) is 0. The summed E-state index contributed by atoms with van der Waals surface area (Å²) in [5.74, 6) is 0.608. The van der Waals surface area contributed by atoms with Gasteiger partial charge in [0.05, 0.1) is 0 Å². The Morgan fingerprint density at radius 2 is 1.80 bits per heavy atom. The van der Waals surface area contributed by atoms with Crippen molar-refractivity contribution in [1.29, 1.82) is 0 Å². The highest BCUT2D eigenvalue weighted by atomic mass is 16.7. The normalized spacial score (nSPS) is 11.2. The first-order valence-corrected chi connectivity index (χ1v) is 6.63. The third-order valence-corrected chi connectivity index (χ3v) is 2.69. The Labute approximate surface area is 117 Å². The van der Waals surface area contributed by atoms with Gasteiger partial charge < -0.3 is 18.6 Å². The van der Waals surface area contributed by atoms with E-state index in [0.29, 0.717) is 24.5 Å². The van der Waals surface area contributed by atoms with Gasteiger partial charge in [0.1, 0.15) is 17.9 Å². The Bertz CT molecular complexity index is 598. The molecule has 0 bridgehead atoms. The molecule has 0 aliphatic carbocycles. The van der Waals surface area contributed by atoms with Crippen LogP contribution in [0.2, 0.25) is 0 Å². The van der Waals surface area contributed by atoms with Gasteiger partial charge in [-0.3, -0.25) is 0 Å². The first-order chi connectivity index (χ1) is 9.72. The smallest absolute Gasteiger partial charge is 0.336 e. The molecule has 2 aromatic rings. The van der Waals surface area contributed by atoms with E-state index < -0.39 is 6.29 Å². The van der Waals surface area contributed by atoms with Crippen LogP contribution in [-0.4, -0.2) is 26.1 Å².